The molecular weight excluding hydrogens is 853 g/mol. The minimum atomic E-state index is -0.817. The summed E-state index contributed by atoms with van der Waals surface area (Å²) in [6, 6.07) is 0. The van der Waals surface area contributed by atoms with Crippen molar-refractivity contribution in [2.24, 2.45) is 0 Å². The molecule has 0 heterocycles. The van der Waals surface area contributed by atoms with Gasteiger partial charge in [-0.15, -0.1) is 0 Å². The smallest absolute Gasteiger partial charge is 0.306 e. The van der Waals surface area contributed by atoms with E-state index in [4.69, 9.17) is 14.2 Å². The molecular formula is C63H104O6. The van der Waals surface area contributed by atoms with Gasteiger partial charge in [-0.1, -0.05) is 220 Å². The summed E-state index contributed by atoms with van der Waals surface area (Å²) in [5, 5.41) is 0. The molecule has 0 saturated heterocycles. The minimum absolute atomic E-state index is 0.109. The highest BCUT2D eigenvalue weighted by molar-refractivity contribution is 5.71. The first-order valence-corrected chi connectivity index (χ1v) is 28.4. The van der Waals surface area contributed by atoms with E-state index in [0.29, 0.717) is 12.8 Å². The van der Waals surface area contributed by atoms with Crippen molar-refractivity contribution in [2.75, 3.05) is 13.2 Å². The summed E-state index contributed by atoms with van der Waals surface area (Å²) in [5.41, 5.74) is 0. The van der Waals surface area contributed by atoms with Crippen LogP contribution in [0, 0.1) is 0 Å². The first kappa shape index (κ1) is 65.1. The van der Waals surface area contributed by atoms with Crippen molar-refractivity contribution in [2.45, 2.75) is 258 Å². The van der Waals surface area contributed by atoms with Crippen LogP contribution in [0.25, 0.3) is 0 Å². The molecule has 0 fully saturated rings. The van der Waals surface area contributed by atoms with Crippen LogP contribution < -0.4 is 0 Å². The zero-order valence-corrected chi connectivity index (χ0v) is 44.8. The maximum atomic E-state index is 12.8. The van der Waals surface area contributed by atoms with Gasteiger partial charge in [0.2, 0.25) is 0 Å². The zero-order valence-electron chi connectivity index (χ0n) is 44.8. The number of rotatable bonds is 50. The van der Waals surface area contributed by atoms with Crippen LogP contribution in [-0.2, 0) is 28.6 Å². The predicted molar refractivity (Wildman–Crippen MR) is 297 cm³/mol. The highest BCUT2D eigenvalue weighted by Gasteiger charge is 2.19. The highest BCUT2D eigenvalue weighted by atomic mass is 16.6. The molecule has 0 unspecified atom stereocenters. The van der Waals surface area contributed by atoms with Gasteiger partial charge in [-0.25, -0.2) is 0 Å². The van der Waals surface area contributed by atoms with Crippen molar-refractivity contribution < 1.29 is 28.6 Å². The molecule has 0 N–H and O–H groups in total. The molecule has 0 radical (unpaired) electrons. The van der Waals surface area contributed by atoms with E-state index in [0.717, 1.165) is 103 Å². The molecule has 0 bridgehead atoms. The Hall–Kier alpha value is -3.93. The SMILES string of the molecule is CC/C=C\C/C=C\C/C=C\C/C=C\C/C=C\CCCC(=O)OC[C@H](COC(=O)CCCCCCCCC/C=C\CCCCCCCC)OC(=O)CCCCCC/C=C\C/C=C\C/C=C\CCCCC. The number of allylic oxidation sites excluding steroid dienone is 18. The first-order valence-electron chi connectivity index (χ1n) is 28.4. The summed E-state index contributed by atoms with van der Waals surface area (Å²) in [6.45, 7) is 6.42. The van der Waals surface area contributed by atoms with E-state index >= 15 is 0 Å². The number of carbonyl (C=O) groups excluding carboxylic acids is 3. The van der Waals surface area contributed by atoms with E-state index in [1.54, 1.807) is 0 Å². The molecule has 0 rings (SSSR count). The van der Waals surface area contributed by atoms with Crippen LogP contribution in [0.4, 0.5) is 0 Å². The molecule has 6 heteroatoms. The Morgan fingerprint density at radius 3 is 0.986 bits per heavy atom. The first-order chi connectivity index (χ1) is 34.0. The third kappa shape index (κ3) is 54.9. The number of esters is 3. The molecule has 0 aromatic carbocycles. The third-order valence-corrected chi connectivity index (χ3v) is 11.7. The Morgan fingerprint density at radius 1 is 0.304 bits per heavy atom. The topological polar surface area (TPSA) is 78.9 Å². The van der Waals surface area contributed by atoms with Gasteiger partial charge in [0.05, 0.1) is 0 Å². The summed E-state index contributed by atoms with van der Waals surface area (Å²) >= 11 is 0. The summed E-state index contributed by atoms with van der Waals surface area (Å²) in [6.07, 6.45) is 76.5. The lowest BCUT2D eigenvalue weighted by atomic mass is 10.1. The van der Waals surface area contributed by atoms with E-state index in [-0.39, 0.29) is 44.0 Å². The predicted octanol–water partition coefficient (Wildman–Crippen LogP) is 19.1. The summed E-state index contributed by atoms with van der Waals surface area (Å²) in [4.78, 5) is 38.1. The van der Waals surface area contributed by atoms with E-state index in [1.165, 1.54) is 103 Å². The van der Waals surface area contributed by atoms with Crippen LogP contribution in [-0.4, -0.2) is 37.2 Å². The lowest BCUT2D eigenvalue weighted by Crippen LogP contribution is -2.30. The van der Waals surface area contributed by atoms with Crippen LogP contribution >= 0.6 is 0 Å². The molecule has 392 valence electrons. The van der Waals surface area contributed by atoms with Crippen molar-refractivity contribution in [3.05, 3.63) is 109 Å². The number of unbranched alkanes of at least 4 members (excludes halogenated alkanes) is 21. The number of hydrogen-bond donors (Lipinski definition) is 0. The molecule has 1 atom stereocenters. The van der Waals surface area contributed by atoms with Gasteiger partial charge in [-0.3, -0.25) is 14.4 Å². The van der Waals surface area contributed by atoms with E-state index in [9.17, 15) is 14.4 Å². The van der Waals surface area contributed by atoms with Crippen LogP contribution in [0.3, 0.4) is 0 Å². The maximum absolute atomic E-state index is 12.8. The van der Waals surface area contributed by atoms with Crippen LogP contribution in [0.5, 0.6) is 0 Å². The monoisotopic (exact) mass is 957 g/mol. The number of hydrogen-bond acceptors (Lipinski definition) is 6. The Balaban J connectivity index is 4.53. The average molecular weight is 958 g/mol. The van der Waals surface area contributed by atoms with Crippen LogP contribution in [0.2, 0.25) is 0 Å². The lowest BCUT2D eigenvalue weighted by Gasteiger charge is -2.18. The Kier molecular flexibility index (Phi) is 53.4. The van der Waals surface area contributed by atoms with Gasteiger partial charge in [-0.05, 0) is 122 Å². The lowest BCUT2D eigenvalue weighted by molar-refractivity contribution is -0.167. The van der Waals surface area contributed by atoms with Gasteiger partial charge >= 0.3 is 17.9 Å². The molecule has 0 aliphatic rings. The van der Waals surface area contributed by atoms with Crippen molar-refractivity contribution in [1.82, 2.24) is 0 Å². The van der Waals surface area contributed by atoms with Gasteiger partial charge in [-0.2, -0.15) is 0 Å². The highest BCUT2D eigenvalue weighted by Crippen LogP contribution is 2.14. The molecule has 0 aliphatic carbocycles. The molecule has 69 heavy (non-hydrogen) atoms. The van der Waals surface area contributed by atoms with Crippen LogP contribution in [0.1, 0.15) is 252 Å². The number of carbonyl (C=O) groups is 3. The van der Waals surface area contributed by atoms with Crippen molar-refractivity contribution in [3.63, 3.8) is 0 Å². The summed E-state index contributed by atoms with van der Waals surface area (Å²) < 4.78 is 16.8. The minimum Gasteiger partial charge on any atom is -0.462 e. The van der Waals surface area contributed by atoms with Crippen molar-refractivity contribution >= 4 is 17.9 Å². The molecule has 6 nitrogen and oxygen atoms in total. The van der Waals surface area contributed by atoms with Gasteiger partial charge in [0, 0.05) is 19.3 Å². The van der Waals surface area contributed by atoms with Gasteiger partial charge in [0.15, 0.2) is 6.10 Å². The molecule has 0 aromatic rings. The largest absolute Gasteiger partial charge is 0.462 e. The van der Waals surface area contributed by atoms with E-state index in [1.807, 2.05) is 0 Å². The molecule has 0 saturated carbocycles. The third-order valence-electron chi connectivity index (χ3n) is 11.7. The molecule has 0 amide bonds. The van der Waals surface area contributed by atoms with E-state index in [2.05, 4.69) is 130 Å². The standard InChI is InChI=1S/C63H104O6/c1-4-7-10-13-16-19-22-25-28-31-34-37-40-43-46-49-52-55-61(64)67-58-60(69-63(66)57-54-51-48-45-42-39-36-33-30-27-24-21-18-15-12-9-6-3)59-68-62(65)56-53-50-47-44-41-38-35-32-29-26-23-20-17-14-11-8-5-2/h7,10,16,18-19,21,25-30,34,36-37,39,43,46,60H,4-6,8-9,11-15,17,20,22-24,31-33,35,38,40-42,44-45,47-59H2,1-3H3/b10-7-,19-16-,21-18-,28-25-,29-26-,30-27-,37-34-,39-36-,46-43-/t60-/m1/s1. The zero-order chi connectivity index (χ0) is 50.0. The van der Waals surface area contributed by atoms with E-state index < -0.39 is 6.10 Å². The molecule has 0 spiro atoms. The van der Waals surface area contributed by atoms with Gasteiger partial charge in [0.25, 0.3) is 0 Å². The van der Waals surface area contributed by atoms with Gasteiger partial charge < -0.3 is 14.2 Å². The fourth-order valence-electron chi connectivity index (χ4n) is 7.48. The van der Waals surface area contributed by atoms with Gasteiger partial charge in [0.1, 0.15) is 13.2 Å². The summed E-state index contributed by atoms with van der Waals surface area (Å²) in [7, 11) is 0. The Morgan fingerprint density at radius 2 is 0.580 bits per heavy atom. The Bertz CT molecular complexity index is 1420. The number of ether oxygens (including phenoxy) is 3. The molecule has 0 aromatic heterocycles. The second-order valence-corrected chi connectivity index (χ2v) is 18.5. The fourth-order valence-corrected chi connectivity index (χ4v) is 7.48. The quantitative estimate of drug-likeness (QED) is 0.0262. The van der Waals surface area contributed by atoms with Crippen molar-refractivity contribution in [1.29, 1.82) is 0 Å². The normalized spacial score (nSPS) is 12.9. The van der Waals surface area contributed by atoms with Crippen molar-refractivity contribution in [3.8, 4) is 0 Å². The molecule has 0 aliphatic heterocycles. The second-order valence-electron chi connectivity index (χ2n) is 18.5. The second kappa shape index (κ2) is 56.7. The average Bonchev–Trinajstić information content (AvgIpc) is 3.35. The fraction of sp³-hybridized carbons (Fsp3) is 0.667. The Labute approximate surface area is 425 Å². The maximum Gasteiger partial charge on any atom is 0.306 e. The summed E-state index contributed by atoms with van der Waals surface area (Å²) in [5.74, 6) is -0.996. The van der Waals surface area contributed by atoms with Crippen LogP contribution in [0.15, 0.2) is 109 Å².